The number of rotatable bonds is 5. The molecule has 0 bridgehead atoms. The fourth-order valence-corrected chi connectivity index (χ4v) is 2.84. The van der Waals surface area contributed by atoms with Crippen molar-refractivity contribution in [3.05, 3.63) is 69.7 Å². The Balaban J connectivity index is 2.13. The molecule has 2 nitrogen and oxygen atoms in total. The highest BCUT2D eigenvalue weighted by Crippen LogP contribution is 2.16. The van der Waals surface area contributed by atoms with Crippen molar-refractivity contribution in [3.8, 4) is 0 Å². The lowest BCUT2D eigenvalue weighted by Gasteiger charge is -2.08. The molecule has 0 saturated carbocycles. The summed E-state index contributed by atoms with van der Waals surface area (Å²) in [7, 11) is 0. The monoisotopic (exact) mass is 350 g/mol. The van der Waals surface area contributed by atoms with Gasteiger partial charge >= 0.3 is 0 Å². The molecule has 2 aromatic rings. The Kier molecular flexibility index (Phi) is 5.40. The Morgan fingerprint density at radius 3 is 2.05 bits per heavy atom. The number of hydrogen-bond donors (Lipinski definition) is 0. The zero-order valence-electron chi connectivity index (χ0n) is 11.1. The Hall–Kier alpha value is -1.10. The summed E-state index contributed by atoms with van der Waals surface area (Å²) in [6.07, 6.45) is 0. The number of benzene rings is 2. The van der Waals surface area contributed by atoms with Crippen molar-refractivity contribution in [1.29, 1.82) is 0 Å². The lowest BCUT2D eigenvalue weighted by molar-refractivity contribution is 0.103. The van der Waals surface area contributed by atoms with E-state index >= 15 is 0 Å². The minimum absolute atomic E-state index is 0.000615. The fraction of sp³-hybridized carbons (Fsp3) is 0.188. The molecule has 0 saturated heterocycles. The summed E-state index contributed by atoms with van der Waals surface area (Å²) in [6.45, 7) is 1.90. The molecule has 0 amide bonds. The molecule has 2 aromatic carbocycles. The summed E-state index contributed by atoms with van der Waals surface area (Å²) in [5.74, 6) is 1.20. The molecule has 0 aliphatic carbocycles. The van der Waals surface area contributed by atoms with E-state index in [-0.39, 0.29) is 5.78 Å². The average Bonchev–Trinajstić information content (AvgIpc) is 2.48. The molecule has 0 radical (unpaired) electrons. The fourth-order valence-electron chi connectivity index (χ4n) is 1.81. The van der Waals surface area contributed by atoms with Crippen LogP contribution in [-0.4, -0.2) is 16.1 Å². The normalized spacial score (nSPS) is 12.2. The first-order valence-electron chi connectivity index (χ1n) is 6.34. The van der Waals surface area contributed by atoms with E-state index in [4.69, 9.17) is 0 Å². The third kappa shape index (κ3) is 3.95. The molecule has 1 atom stereocenters. The van der Waals surface area contributed by atoms with Gasteiger partial charge in [0.2, 0.25) is 0 Å². The first-order valence-corrected chi connectivity index (χ1v) is 8.62. The van der Waals surface area contributed by atoms with E-state index in [9.17, 15) is 9.35 Å². The maximum absolute atomic E-state index is 12.3. The van der Waals surface area contributed by atoms with Crippen LogP contribution in [0, 0.1) is 0 Å². The van der Waals surface area contributed by atoms with Gasteiger partial charge in [-0.3, -0.25) is 4.79 Å². The first-order chi connectivity index (χ1) is 9.60. The van der Waals surface area contributed by atoms with Crippen molar-refractivity contribution in [3.63, 3.8) is 0 Å². The topological polar surface area (TPSA) is 40.1 Å². The molecular formula is C16H15BrO2S. The highest BCUT2D eigenvalue weighted by atomic mass is 79.9. The van der Waals surface area contributed by atoms with E-state index in [1.54, 1.807) is 24.3 Å². The predicted octanol–water partition coefficient (Wildman–Crippen LogP) is 3.95. The van der Waals surface area contributed by atoms with Crippen LogP contribution in [0.25, 0.3) is 0 Å². The van der Waals surface area contributed by atoms with Gasteiger partial charge in [0.05, 0.1) is 0 Å². The van der Waals surface area contributed by atoms with Gasteiger partial charge in [0.25, 0.3) is 0 Å². The SMILES string of the molecule is CC[S+]([O-])Cc1ccc(C(=O)c2ccc(Br)cc2)cc1. The van der Waals surface area contributed by atoms with Gasteiger partial charge in [-0.1, -0.05) is 40.2 Å². The largest absolute Gasteiger partial charge is 0.616 e. The quantitative estimate of drug-likeness (QED) is 0.605. The number of carbonyl (C=O) groups excluding carboxylic acids is 1. The van der Waals surface area contributed by atoms with Crippen LogP contribution in [0.4, 0.5) is 0 Å². The number of hydrogen-bond acceptors (Lipinski definition) is 2. The number of carbonyl (C=O) groups is 1. The molecular weight excluding hydrogens is 336 g/mol. The van der Waals surface area contributed by atoms with Crippen LogP contribution in [0.3, 0.4) is 0 Å². The van der Waals surface area contributed by atoms with E-state index in [0.29, 0.717) is 22.6 Å². The molecule has 0 N–H and O–H groups in total. The van der Waals surface area contributed by atoms with Crippen LogP contribution in [0.15, 0.2) is 53.0 Å². The summed E-state index contributed by atoms with van der Waals surface area (Å²) in [5, 5.41) is 0. The number of ketones is 1. The third-order valence-electron chi connectivity index (χ3n) is 2.97. The van der Waals surface area contributed by atoms with Crippen LogP contribution in [0.1, 0.15) is 28.4 Å². The first kappa shape index (κ1) is 15.3. The zero-order valence-corrected chi connectivity index (χ0v) is 13.5. The van der Waals surface area contributed by atoms with Gasteiger partial charge in [-0.2, -0.15) is 0 Å². The third-order valence-corrected chi connectivity index (χ3v) is 4.80. The maximum Gasteiger partial charge on any atom is 0.193 e. The molecule has 4 heteroatoms. The van der Waals surface area contributed by atoms with Gasteiger partial charge in [-0.05, 0) is 42.4 Å². The molecule has 20 heavy (non-hydrogen) atoms. The zero-order chi connectivity index (χ0) is 14.5. The molecule has 2 rings (SSSR count). The lowest BCUT2D eigenvalue weighted by Crippen LogP contribution is -2.07. The summed E-state index contributed by atoms with van der Waals surface area (Å²) in [6, 6.07) is 14.6. The van der Waals surface area contributed by atoms with Gasteiger partial charge in [-0.15, -0.1) is 0 Å². The lowest BCUT2D eigenvalue weighted by atomic mass is 10.0. The molecule has 0 heterocycles. The van der Waals surface area contributed by atoms with E-state index in [0.717, 1.165) is 10.0 Å². The van der Waals surface area contributed by atoms with E-state index in [2.05, 4.69) is 15.9 Å². The highest BCUT2D eigenvalue weighted by molar-refractivity contribution is 9.10. The summed E-state index contributed by atoms with van der Waals surface area (Å²) >= 11 is 2.53. The highest BCUT2D eigenvalue weighted by Gasteiger charge is 2.10. The second-order valence-electron chi connectivity index (χ2n) is 4.41. The minimum atomic E-state index is -0.824. The van der Waals surface area contributed by atoms with Crippen LogP contribution >= 0.6 is 15.9 Å². The standard InChI is InChI=1S/C16H15BrO2S/c1-2-20(19)11-12-3-5-13(6-4-12)16(18)14-7-9-15(17)10-8-14/h3-10H,2,11H2,1H3. The Labute approximate surface area is 130 Å². The molecule has 0 spiro atoms. The van der Waals surface area contributed by atoms with Crippen LogP contribution < -0.4 is 0 Å². The number of halogens is 1. The van der Waals surface area contributed by atoms with E-state index in [1.165, 1.54) is 0 Å². The Morgan fingerprint density at radius 1 is 1.05 bits per heavy atom. The Bertz CT molecular complexity index is 578. The average molecular weight is 351 g/mol. The summed E-state index contributed by atoms with van der Waals surface area (Å²) < 4.78 is 12.4. The van der Waals surface area contributed by atoms with Crippen LogP contribution in [-0.2, 0) is 16.9 Å². The van der Waals surface area contributed by atoms with Crippen LogP contribution in [0.5, 0.6) is 0 Å². The predicted molar refractivity (Wildman–Crippen MR) is 86.4 cm³/mol. The molecule has 1 unspecified atom stereocenters. The van der Waals surface area contributed by atoms with Crippen molar-refractivity contribution in [2.24, 2.45) is 0 Å². The smallest absolute Gasteiger partial charge is 0.193 e. The van der Waals surface area contributed by atoms with Crippen molar-refractivity contribution in [2.45, 2.75) is 12.7 Å². The molecule has 0 aliphatic heterocycles. The molecule has 0 aromatic heterocycles. The molecule has 0 fully saturated rings. The van der Waals surface area contributed by atoms with Gasteiger partial charge < -0.3 is 4.55 Å². The summed E-state index contributed by atoms with van der Waals surface area (Å²) in [4.78, 5) is 12.3. The van der Waals surface area contributed by atoms with Gasteiger partial charge in [0.1, 0.15) is 11.5 Å². The van der Waals surface area contributed by atoms with Crippen molar-refractivity contribution < 1.29 is 9.35 Å². The van der Waals surface area contributed by atoms with E-state index in [1.807, 2.05) is 31.2 Å². The van der Waals surface area contributed by atoms with Gasteiger partial charge in [0, 0.05) is 21.2 Å². The minimum Gasteiger partial charge on any atom is -0.616 e. The second kappa shape index (κ2) is 7.07. The van der Waals surface area contributed by atoms with Crippen molar-refractivity contribution in [2.75, 3.05) is 5.75 Å². The van der Waals surface area contributed by atoms with Crippen molar-refractivity contribution in [1.82, 2.24) is 0 Å². The van der Waals surface area contributed by atoms with Crippen LogP contribution in [0.2, 0.25) is 0 Å². The second-order valence-corrected chi connectivity index (χ2v) is 7.07. The van der Waals surface area contributed by atoms with Gasteiger partial charge in [0.15, 0.2) is 5.78 Å². The summed E-state index contributed by atoms with van der Waals surface area (Å²) in [5.41, 5.74) is 2.31. The Morgan fingerprint density at radius 2 is 1.55 bits per heavy atom. The molecule has 0 aliphatic rings. The molecule has 104 valence electrons. The maximum atomic E-state index is 12.3. The van der Waals surface area contributed by atoms with Gasteiger partial charge in [-0.25, -0.2) is 0 Å². The van der Waals surface area contributed by atoms with E-state index < -0.39 is 11.2 Å². The van der Waals surface area contributed by atoms with Crippen molar-refractivity contribution >= 4 is 32.9 Å².